The van der Waals surface area contributed by atoms with Gasteiger partial charge in [0, 0.05) is 5.54 Å². The molecule has 1 nitrogen and oxygen atoms in total. The van der Waals surface area contributed by atoms with Gasteiger partial charge in [-0.3, -0.25) is 0 Å². The van der Waals surface area contributed by atoms with E-state index in [0.717, 1.165) is 30.1 Å². The summed E-state index contributed by atoms with van der Waals surface area (Å²) in [4.78, 5) is 0. The zero-order valence-corrected chi connectivity index (χ0v) is 11.1. The highest BCUT2D eigenvalue weighted by atomic mass is 32.1. The molecule has 92 valence electrons. The Kier molecular flexibility index (Phi) is 2.23. The van der Waals surface area contributed by atoms with Crippen LogP contribution in [-0.2, 0) is 6.42 Å². The quantitative estimate of drug-likeness (QED) is 0.851. The Balaban J connectivity index is 1.59. The molecule has 17 heavy (non-hydrogen) atoms. The van der Waals surface area contributed by atoms with Gasteiger partial charge in [-0.15, -0.1) is 0 Å². The molecule has 0 spiro atoms. The van der Waals surface area contributed by atoms with Crippen LogP contribution in [0.25, 0.3) is 0 Å². The number of thiophene rings is 1. The Morgan fingerprint density at radius 2 is 2.24 bits per heavy atom. The maximum atomic E-state index is 6.80. The van der Waals surface area contributed by atoms with Crippen molar-refractivity contribution < 1.29 is 0 Å². The van der Waals surface area contributed by atoms with Crippen molar-refractivity contribution in [1.82, 2.24) is 0 Å². The highest BCUT2D eigenvalue weighted by Crippen LogP contribution is 2.62. The lowest BCUT2D eigenvalue weighted by atomic mass is 9.69. The summed E-state index contributed by atoms with van der Waals surface area (Å²) >= 11 is 1.81. The van der Waals surface area contributed by atoms with Crippen molar-refractivity contribution in [3.63, 3.8) is 0 Å². The average Bonchev–Trinajstić information content (AvgIpc) is 2.96. The first-order chi connectivity index (χ1) is 8.26. The fourth-order valence-electron chi connectivity index (χ4n) is 5.29. The first kappa shape index (κ1) is 10.6. The molecular weight excluding hydrogens is 226 g/mol. The van der Waals surface area contributed by atoms with Gasteiger partial charge in [-0.25, -0.2) is 0 Å². The van der Waals surface area contributed by atoms with Gasteiger partial charge in [0.25, 0.3) is 0 Å². The van der Waals surface area contributed by atoms with Crippen LogP contribution in [0, 0.1) is 23.7 Å². The molecule has 5 unspecified atom stereocenters. The van der Waals surface area contributed by atoms with E-state index >= 15 is 0 Å². The number of hydrogen-bond acceptors (Lipinski definition) is 2. The van der Waals surface area contributed by atoms with E-state index in [4.69, 9.17) is 5.73 Å². The molecule has 2 heteroatoms. The van der Waals surface area contributed by atoms with Crippen LogP contribution in [0.1, 0.15) is 37.7 Å². The van der Waals surface area contributed by atoms with Crippen LogP contribution in [0.4, 0.5) is 0 Å². The minimum absolute atomic E-state index is 0.136. The smallest absolute Gasteiger partial charge is 0.0229 e. The predicted octanol–water partition coefficient (Wildman–Crippen LogP) is 3.44. The number of hydrogen-bond donors (Lipinski definition) is 1. The SMILES string of the molecule is NC1(Cc2ccsc2)CC2CC1C1CCCC21. The number of fused-ring (bicyclic) bond motifs is 5. The van der Waals surface area contributed by atoms with Crippen molar-refractivity contribution >= 4 is 11.3 Å². The van der Waals surface area contributed by atoms with Crippen LogP contribution in [0.3, 0.4) is 0 Å². The summed E-state index contributed by atoms with van der Waals surface area (Å²) in [6, 6.07) is 2.26. The van der Waals surface area contributed by atoms with Gasteiger partial charge in [0.15, 0.2) is 0 Å². The van der Waals surface area contributed by atoms with E-state index in [2.05, 4.69) is 16.8 Å². The summed E-state index contributed by atoms with van der Waals surface area (Å²) < 4.78 is 0. The monoisotopic (exact) mass is 247 g/mol. The minimum Gasteiger partial charge on any atom is -0.325 e. The van der Waals surface area contributed by atoms with E-state index in [-0.39, 0.29) is 5.54 Å². The Hall–Kier alpha value is -0.340. The Morgan fingerprint density at radius 3 is 3.06 bits per heavy atom. The van der Waals surface area contributed by atoms with Gasteiger partial charge in [0.1, 0.15) is 0 Å². The molecule has 0 aliphatic heterocycles. The fraction of sp³-hybridized carbons (Fsp3) is 0.733. The highest BCUT2D eigenvalue weighted by Gasteiger charge is 2.58. The molecule has 1 heterocycles. The van der Waals surface area contributed by atoms with Crippen LogP contribution in [0.2, 0.25) is 0 Å². The molecule has 1 aromatic rings. The highest BCUT2D eigenvalue weighted by molar-refractivity contribution is 7.07. The lowest BCUT2D eigenvalue weighted by Crippen LogP contribution is -2.50. The van der Waals surface area contributed by atoms with Crippen molar-refractivity contribution in [3.05, 3.63) is 22.4 Å². The van der Waals surface area contributed by atoms with Crippen molar-refractivity contribution in [2.75, 3.05) is 0 Å². The molecule has 3 fully saturated rings. The molecule has 2 N–H and O–H groups in total. The van der Waals surface area contributed by atoms with E-state index < -0.39 is 0 Å². The van der Waals surface area contributed by atoms with Crippen LogP contribution in [-0.4, -0.2) is 5.54 Å². The number of nitrogens with two attached hydrogens (primary N) is 1. The Bertz CT molecular complexity index is 413. The molecule has 0 aromatic carbocycles. The third kappa shape index (κ3) is 1.47. The zero-order chi connectivity index (χ0) is 11.5. The summed E-state index contributed by atoms with van der Waals surface area (Å²) in [6.07, 6.45) is 8.30. The van der Waals surface area contributed by atoms with Crippen LogP contribution in [0.15, 0.2) is 16.8 Å². The lowest BCUT2D eigenvalue weighted by Gasteiger charge is -2.40. The topological polar surface area (TPSA) is 26.0 Å². The second-order valence-corrected chi connectivity index (χ2v) is 7.39. The van der Waals surface area contributed by atoms with Gasteiger partial charge >= 0.3 is 0 Å². The van der Waals surface area contributed by atoms with Crippen molar-refractivity contribution in [2.45, 2.75) is 44.1 Å². The largest absolute Gasteiger partial charge is 0.325 e. The van der Waals surface area contributed by atoms with Crippen molar-refractivity contribution in [2.24, 2.45) is 29.4 Å². The summed E-state index contributed by atoms with van der Waals surface area (Å²) in [6.45, 7) is 0. The van der Waals surface area contributed by atoms with Crippen molar-refractivity contribution in [3.8, 4) is 0 Å². The van der Waals surface area contributed by atoms with E-state index in [1.807, 2.05) is 0 Å². The van der Waals surface area contributed by atoms with Gasteiger partial charge in [-0.2, -0.15) is 11.3 Å². The van der Waals surface area contributed by atoms with Gasteiger partial charge < -0.3 is 5.73 Å². The maximum absolute atomic E-state index is 6.80. The predicted molar refractivity (Wildman–Crippen MR) is 72.0 cm³/mol. The normalized spacial score (nSPS) is 47.6. The summed E-state index contributed by atoms with van der Waals surface area (Å²) in [5.41, 5.74) is 8.40. The standard InChI is InChI=1S/C15H21NS/c16-15(7-10-4-5-17-9-10)8-11-6-14(15)13-3-1-2-12(11)13/h4-5,9,11-14H,1-3,6-8,16H2. The summed E-state index contributed by atoms with van der Waals surface area (Å²) in [5, 5.41) is 4.47. The molecule has 0 radical (unpaired) electrons. The van der Waals surface area contributed by atoms with Crippen LogP contribution >= 0.6 is 11.3 Å². The summed E-state index contributed by atoms with van der Waals surface area (Å²) in [5.74, 6) is 3.84. The molecule has 0 amide bonds. The maximum Gasteiger partial charge on any atom is 0.0229 e. The molecule has 0 saturated heterocycles. The Morgan fingerprint density at radius 1 is 1.35 bits per heavy atom. The third-order valence-corrected chi connectivity index (χ3v) is 6.53. The molecule has 5 atom stereocenters. The van der Waals surface area contributed by atoms with Gasteiger partial charge in [0.05, 0.1) is 0 Å². The van der Waals surface area contributed by atoms with Crippen molar-refractivity contribution in [1.29, 1.82) is 0 Å². The van der Waals surface area contributed by atoms with Gasteiger partial charge in [-0.1, -0.05) is 6.42 Å². The third-order valence-electron chi connectivity index (χ3n) is 5.80. The first-order valence-electron chi connectivity index (χ1n) is 7.06. The van der Waals surface area contributed by atoms with E-state index in [1.165, 1.54) is 37.7 Å². The second kappa shape index (κ2) is 3.58. The van der Waals surface area contributed by atoms with Crippen LogP contribution in [0.5, 0.6) is 0 Å². The summed E-state index contributed by atoms with van der Waals surface area (Å²) in [7, 11) is 0. The molecular formula is C15H21NS. The molecule has 3 aliphatic rings. The molecule has 4 rings (SSSR count). The fourth-order valence-corrected chi connectivity index (χ4v) is 5.96. The first-order valence-corrected chi connectivity index (χ1v) is 8.00. The average molecular weight is 247 g/mol. The molecule has 2 bridgehead atoms. The van der Waals surface area contributed by atoms with Gasteiger partial charge in [-0.05, 0) is 78.2 Å². The van der Waals surface area contributed by atoms with E-state index in [9.17, 15) is 0 Å². The van der Waals surface area contributed by atoms with E-state index in [1.54, 1.807) is 11.3 Å². The second-order valence-electron chi connectivity index (χ2n) is 6.61. The van der Waals surface area contributed by atoms with Gasteiger partial charge in [0.2, 0.25) is 0 Å². The number of rotatable bonds is 2. The molecule has 3 saturated carbocycles. The Labute approximate surface area is 107 Å². The van der Waals surface area contributed by atoms with Crippen LogP contribution < -0.4 is 5.73 Å². The lowest BCUT2D eigenvalue weighted by molar-refractivity contribution is 0.156. The molecule has 1 aromatic heterocycles. The zero-order valence-electron chi connectivity index (χ0n) is 10.3. The van der Waals surface area contributed by atoms with E-state index in [0.29, 0.717) is 0 Å². The molecule has 3 aliphatic carbocycles. The minimum atomic E-state index is 0.136.